The number of carbonyl (C=O) groups excluding carboxylic acids is 1. The predicted molar refractivity (Wildman–Crippen MR) is 77.4 cm³/mol. The highest BCUT2D eigenvalue weighted by molar-refractivity contribution is 5.89. The minimum absolute atomic E-state index is 0.0689. The second kappa shape index (κ2) is 7.69. The molecule has 112 valence electrons. The van der Waals surface area contributed by atoms with Gasteiger partial charge in [0, 0.05) is 26.2 Å². The minimum Gasteiger partial charge on any atom is -0.394 e. The maximum atomic E-state index is 12.7. The second-order valence-corrected chi connectivity index (χ2v) is 5.31. The second-order valence-electron chi connectivity index (χ2n) is 5.31. The van der Waals surface area contributed by atoms with Gasteiger partial charge in [-0.2, -0.15) is 0 Å². The monoisotopic (exact) mass is 280 g/mol. The molecule has 2 N–H and O–H groups in total. The van der Waals surface area contributed by atoms with Gasteiger partial charge in [-0.1, -0.05) is 24.3 Å². The average molecular weight is 280 g/mol. The summed E-state index contributed by atoms with van der Waals surface area (Å²) in [7, 11) is 0. The van der Waals surface area contributed by atoms with Gasteiger partial charge in [-0.15, -0.1) is 0 Å². The summed E-state index contributed by atoms with van der Waals surface area (Å²) in [5.74, 6) is -0.0689. The molecule has 2 heterocycles. The number of rotatable bonds is 6. The van der Waals surface area contributed by atoms with Crippen LogP contribution >= 0.6 is 0 Å². The van der Waals surface area contributed by atoms with Crippen LogP contribution in [0.15, 0.2) is 24.3 Å². The molecule has 20 heavy (non-hydrogen) atoms. The van der Waals surface area contributed by atoms with Gasteiger partial charge in [0.05, 0.1) is 25.3 Å². The molecule has 0 spiro atoms. The zero-order valence-corrected chi connectivity index (χ0v) is 11.8. The average Bonchev–Trinajstić information content (AvgIpc) is 2.51. The first-order valence-corrected chi connectivity index (χ1v) is 7.31. The van der Waals surface area contributed by atoms with Crippen molar-refractivity contribution >= 4 is 5.78 Å². The molecule has 2 rings (SSSR count). The summed E-state index contributed by atoms with van der Waals surface area (Å²) in [6, 6.07) is -1.02. The Morgan fingerprint density at radius 1 is 0.900 bits per heavy atom. The zero-order chi connectivity index (χ0) is 14.4. The first-order valence-electron chi connectivity index (χ1n) is 7.31. The number of aliphatic hydroxyl groups excluding tert-OH is 2. The van der Waals surface area contributed by atoms with Crippen LogP contribution in [0.5, 0.6) is 0 Å². The van der Waals surface area contributed by atoms with Crippen LogP contribution in [-0.4, -0.2) is 77.3 Å². The quantitative estimate of drug-likeness (QED) is 0.660. The lowest BCUT2D eigenvalue weighted by atomic mass is 10.0. The third kappa shape index (κ3) is 3.55. The fourth-order valence-electron chi connectivity index (χ4n) is 2.88. The Hall–Kier alpha value is -1.01. The smallest absolute Gasteiger partial charge is 0.171 e. The molecule has 0 fully saturated rings. The van der Waals surface area contributed by atoms with Crippen LogP contribution in [0.1, 0.15) is 12.8 Å². The normalized spacial score (nSPS) is 23.7. The summed E-state index contributed by atoms with van der Waals surface area (Å²) >= 11 is 0. The fourth-order valence-corrected chi connectivity index (χ4v) is 2.88. The lowest BCUT2D eigenvalue weighted by molar-refractivity contribution is -0.132. The number of carbonyl (C=O) groups is 1. The van der Waals surface area contributed by atoms with Crippen molar-refractivity contribution in [1.29, 1.82) is 0 Å². The fraction of sp³-hybridized carbons (Fsp3) is 0.667. The largest absolute Gasteiger partial charge is 0.394 e. The van der Waals surface area contributed by atoms with Crippen molar-refractivity contribution in [3.05, 3.63) is 24.3 Å². The highest BCUT2D eigenvalue weighted by atomic mass is 16.3. The van der Waals surface area contributed by atoms with E-state index in [1.165, 1.54) is 0 Å². The van der Waals surface area contributed by atoms with Crippen molar-refractivity contribution in [1.82, 2.24) is 9.80 Å². The molecular weight excluding hydrogens is 256 g/mol. The van der Waals surface area contributed by atoms with Gasteiger partial charge in [-0.05, 0) is 12.8 Å². The van der Waals surface area contributed by atoms with E-state index in [2.05, 4.69) is 12.2 Å². The molecule has 0 saturated carbocycles. The molecule has 2 unspecified atom stereocenters. The van der Waals surface area contributed by atoms with E-state index >= 15 is 0 Å². The summed E-state index contributed by atoms with van der Waals surface area (Å²) in [6.45, 7) is 2.57. The van der Waals surface area contributed by atoms with E-state index in [1.54, 1.807) is 0 Å². The van der Waals surface area contributed by atoms with Gasteiger partial charge in [-0.3, -0.25) is 14.6 Å². The third-order valence-corrected chi connectivity index (χ3v) is 4.06. The van der Waals surface area contributed by atoms with Gasteiger partial charge in [-0.25, -0.2) is 0 Å². The van der Waals surface area contributed by atoms with Crippen LogP contribution in [-0.2, 0) is 4.79 Å². The van der Waals surface area contributed by atoms with E-state index in [0.29, 0.717) is 13.1 Å². The molecular formula is C15H24N2O3. The minimum atomic E-state index is -0.511. The van der Waals surface area contributed by atoms with Gasteiger partial charge in [0.1, 0.15) is 0 Å². The maximum Gasteiger partial charge on any atom is 0.171 e. The molecule has 0 radical (unpaired) electrons. The van der Waals surface area contributed by atoms with E-state index in [-0.39, 0.29) is 19.0 Å². The molecule has 0 amide bonds. The van der Waals surface area contributed by atoms with Crippen LogP contribution in [0.4, 0.5) is 0 Å². The summed E-state index contributed by atoms with van der Waals surface area (Å²) in [5, 5.41) is 19.2. The topological polar surface area (TPSA) is 64.0 Å². The molecule has 2 atom stereocenters. The van der Waals surface area contributed by atoms with E-state index in [0.717, 1.165) is 25.9 Å². The number of hydrogen-bond donors (Lipinski definition) is 2. The van der Waals surface area contributed by atoms with Gasteiger partial charge in [0.15, 0.2) is 5.78 Å². The molecule has 0 saturated heterocycles. The molecule has 0 aromatic carbocycles. The Balaban J connectivity index is 2.04. The van der Waals surface area contributed by atoms with E-state index in [9.17, 15) is 15.0 Å². The summed E-state index contributed by atoms with van der Waals surface area (Å²) < 4.78 is 0. The van der Waals surface area contributed by atoms with Crippen molar-refractivity contribution in [2.24, 2.45) is 0 Å². The van der Waals surface area contributed by atoms with Crippen LogP contribution in [0.25, 0.3) is 0 Å². The molecule has 2 aliphatic heterocycles. The van der Waals surface area contributed by atoms with Crippen LogP contribution in [0, 0.1) is 0 Å². The van der Waals surface area contributed by atoms with Crippen LogP contribution in [0.3, 0.4) is 0 Å². The molecule has 0 aliphatic carbocycles. The number of Topliss-reactive ketones (excluding diaryl/α,β-unsaturated/α-hetero) is 1. The number of ketones is 1. The van der Waals surface area contributed by atoms with Crippen molar-refractivity contribution in [3.63, 3.8) is 0 Å². The summed E-state index contributed by atoms with van der Waals surface area (Å²) in [5.41, 5.74) is 0. The van der Waals surface area contributed by atoms with E-state index in [1.807, 2.05) is 22.0 Å². The standard InChI is InChI=1S/C15H24N2O3/c18-11-13(16-7-3-1-4-8-16)15(20)14(12-19)17-9-5-2-6-10-17/h1-3,5,13-14,18-19H,4,6-12H2. The lowest BCUT2D eigenvalue weighted by Crippen LogP contribution is -2.55. The van der Waals surface area contributed by atoms with Crippen LogP contribution in [0.2, 0.25) is 0 Å². The molecule has 0 aromatic heterocycles. The number of hydrogen-bond acceptors (Lipinski definition) is 5. The van der Waals surface area contributed by atoms with Crippen molar-refractivity contribution < 1.29 is 15.0 Å². The van der Waals surface area contributed by atoms with Crippen molar-refractivity contribution in [3.8, 4) is 0 Å². The van der Waals surface area contributed by atoms with Crippen molar-refractivity contribution in [2.75, 3.05) is 39.4 Å². The highest BCUT2D eigenvalue weighted by Gasteiger charge is 2.34. The molecule has 2 aliphatic rings. The van der Waals surface area contributed by atoms with Gasteiger partial charge < -0.3 is 10.2 Å². The Morgan fingerprint density at radius 3 is 1.65 bits per heavy atom. The number of aliphatic hydroxyl groups is 2. The van der Waals surface area contributed by atoms with E-state index in [4.69, 9.17) is 0 Å². The van der Waals surface area contributed by atoms with Gasteiger partial charge in [0.2, 0.25) is 0 Å². The van der Waals surface area contributed by atoms with E-state index < -0.39 is 12.1 Å². The van der Waals surface area contributed by atoms with Crippen molar-refractivity contribution in [2.45, 2.75) is 24.9 Å². The zero-order valence-electron chi connectivity index (χ0n) is 11.8. The van der Waals surface area contributed by atoms with Crippen LogP contribution < -0.4 is 0 Å². The molecule has 5 heteroatoms. The lowest BCUT2D eigenvalue weighted by Gasteiger charge is -2.36. The number of nitrogens with zero attached hydrogens (tertiary/aromatic N) is 2. The summed E-state index contributed by atoms with van der Waals surface area (Å²) in [6.07, 6.45) is 10.0. The Bertz CT molecular complexity index is 347. The molecule has 0 bridgehead atoms. The summed E-state index contributed by atoms with van der Waals surface area (Å²) in [4.78, 5) is 16.6. The van der Waals surface area contributed by atoms with Gasteiger partial charge >= 0.3 is 0 Å². The highest BCUT2D eigenvalue weighted by Crippen LogP contribution is 2.14. The first-order chi connectivity index (χ1) is 9.77. The molecule has 0 aromatic rings. The Labute approximate surface area is 120 Å². The molecule has 5 nitrogen and oxygen atoms in total. The van der Waals surface area contributed by atoms with Gasteiger partial charge in [0.25, 0.3) is 0 Å². The maximum absolute atomic E-state index is 12.7. The third-order valence-electron chi connectivity index (χ3n) is 4.06. The Kier molecular flexibility index (Phi) is 5.91. The SMILES string of the molecule is O=C(C(CO)N1CC=CCC1)C(CO)N1CC=CCC1. The first kappa shape index (κ1) is 15.4. The predicted octanol–water partition coefficient (Wildman–Crippen LogP) is -0.199. The Morgan fingerprint density at radius 2 is 1.35 bits per heavy atom.